The third-order valence-corrected chi connectivity index (χ3v) is 3.96. The molecule has 1 heterocycles. The Labute approximate surface area is 93.4 Å². The van der Waals surface area contributed by atoms with Gasteiger partial charge in [-0.15, -0.1) is 0 Å². The van der Waals surface area contributed by atoms with E-state index in [-0.39, 0.29) is 5.54 Å². The van der Waals surface area contributed by atoms with E-state index in [1.807, 2.05) is 0 Å². The summed E-state index contributed by atoms with van der Waals surface area (Å²) >= 11 is 0. The highest BCUT2D eigenvalue weighted by Crippen LogP contribution is 2.28. The highest BCUT2D eigenvalue weighted by molar-refractivity contribution is 4.99. The molecular weight excluding hydrogens is 186 g/mol. The van der Waals surface area contributed by atoms with Crippen molar-refractivity contribution in [3.8, 4) is 0 Å². The van der Waals surface area contributed by atoms with Gasteiger partial charge in [0.1, 0.15) is 0 Å². The minimum atomic E-state index is 0.257. The number of rotatable bonds is 4. The van der Waals surface area contributed by atoms with Crippen LogP contribution in [-0.2, 0) is 0 Å². The van der Waals surface area contributed by atoms with Crippen molar-refractivity contribution in [2.45, 2.75) is 57.2 Å². The first-order chi connectivity index (χ1) is 7.15. The van der Waals surface area contributed by atoms with Gasteiger partial charge in [0, 0.05) is 37.3 Å². The zero-order valence-electron chi connectivity index (χ0n) is 10.1. The van der Waals surface area contributed by atoms with Crippen molar-refractivity contribution in [2.24, 2.45) is 5.73 Å². The Hall–Kier alpha value is -0.120. The molecule has 1 saturated heterocycles. The molecule has 0 atom stereocenters. The molecule has 3 nitrogen and oxygen atoms in total. The van der Waals surface area contributed by atoms with Gasteiger partial charge in [-0.25, -0.2) is 0 Å². The molecule has 2 fully saturated rings. The van der Waals surface area contributed by atoms with E-state index in [2.05, 4.69) is 24.1 Å². The van der Waals surface area contributed by atoms with Crippen LogP contribution in [0.25, 0.3) is 0 Å². The highest BCUT2D eigenvalue weighted by atomic mass is 15.2. The molecule has 1 aliphatic carbocycles. The topological polar surface area (TPSA) is 41.3 Å². The Bertz CT molecular complexity index is 203. The van der Waals surface area contributed by atoms with Crippen molar-refractivity contribution in [1.82, 2.24) is 10.2 Å². The number of hydrogen-bond acceptors (Lipinski definition) is 3. The van der Waals surface area contributed by atoms with Crippen LogP contribution in [0.4, 0.5) is 0 Å². The molecule has 1 saturated carbocycles. The zero-order valence-corrected chi connectivity index (χ0v) is 10.1. The van der Waals surface area contributed by atoms with E-state index in [1.54, 1.807) is 0 Å². The van der Waals surface area contributed by atoms with Crippen LogP contribution in [0.15, 0.2) is 0 Å². The van der Waals surface area contributed by atoms with Crippen LogP contribution >= 0.6 is 0 Å². The lowest BCUT2D eigenvalue weighted by molar-refractivity contribution is 0.113. The average Bonchev–Trinajstić information content (AvgIpc) is 3.02. The normalized spacial score (nSPS) is 27.2. The quantitative estimate of drug-likeness (QED) is 0.727. The van der Waals surface area contributed by atoms with Gasteiger partial charge in [-0.3, -0.25) is 0 Å². The van der Waals surface area contributed by atoms with Crippen LogP contribution in [0.2, 0.25) is 0 Å². The van der Waals surface area contributed by atoms with Gasteiger partial charge in [-0.1, -0.05) is 0 Å². The standard InChI is InChI=1S/C12H25N3/c1-10(2)15-7-5-12(9-13,6-8-15)14-11-3-4-11/h10-11,14H,3-9,13H2,1-2H3. The molecule has 0 spiro atoms. The van der Waals surface area contributed by atoms with Gasteiger partial charge in [0.2, 0.25) is 0 Å². The van der Waals surface area contributed by atoms with Crippen LogP contribution in [0.3, 0.4) is 0 Å². The molecule has 0 unspecified atom stereocenters. The minimum Gasteiger partial charge on any atom is -0.329 e. The monoisotopic (exact) mass is 211 g/mol. The van der Waals surface area contributed by atoms with Gasteiger partial charge < -0.3 is 16.0 Å². The highest BCUT2D eigenvalue weighted by Gasteiger charge is 2.38. The second-order valence-corrected chi connectivity index (χ2v) is 5.53. The van der Waals surface area contributed by atoms with E-state index in [0.29, 0.717) is 6.04 Å². The summed E-state index contributed by atoms with van der Waals surface area (Å²) in [7, 11) is 0. The molecule has 3 heteroatoms. The SMILES string of the molecule is CC(C)N1CCC(CN)(NC2CC2)CC1. The summed E-state index contributed by atoms with van der Waals surface area (Å²) < 4.78 is 0. The summed E-state index contributed by atoms with van der Waals surface area (Å²) in [6.45, 7) is 7.77. The summed E-state index contributed by atoms with van der Waals surface area (Å²) in [6, 6.07) is 1.46. The van der Waals surface area contributed by atoms with Gasteiger partial charge in [-0.05, 0) is 39.5 Å². The van der Waals surface area contributed by atoms with Crippen molar-refractivity contribution < 1.29 is 0 Å². The van der Waals surface area contributed by atoms with E-state index < -0.39 is 0 Å². The van der Waals surface area contributed by atoms with Crippen LogP contribution in [0, 0.1) is 0 Å². The Morgan fingerprint density at radius 2 is 1.93 bits per heavy atom. The lowest BCUT2D eigenvalue weighted by atomic mass is 9.87. The molecular formula is C12H25N3. The number of likely N-dealkylation sites (tertiary alicyclic amines) is 1. The number of nitrogens with two attached hydrogens (primary N) is 1. The van der Waals surface area contributed by atoms with Crippen molar-refractivity contribution in [2.75, 3.05) is 19.6 Å². The number of nitrogens with one attached hydrogen (secondary N) is 1. The fourth-order valence-electron chi connectivity index (χ4n) is 2.54. The maximum atomic E-state index is 5.95. The van der Waals surface area contributed by atoms with Gasteiger partial charge in [-0.2, -0.15) is 0 Å². The second-order valence-electron chi connectivity index (χ2n) is 5.53. The molecule has 0 aromatic carbocycles. The average molecular weight is 211 g/mol. The summed E-state index contributed by atoms with van der Waals surface area (Å²) in [4.78, 5) is 2.56. The lowest BCUT2D eigenvalue weighted by Gasteiger charge is -2.43. The molecule has 3 N–H and O–H groups in total. The summed E-state index contributed by atoms with van der Waals surface area (Å²) in [5.41, 5.74) is 6.21. The van der Waals surface area contributed by atoms with Crippen molar-refractivity contribution >= 4 is 0 Å². The molecule has 88 valence electrons. The van der Waals surface area contributed by atoms with Crippen molar-refractivity contribution in [3.63, 3.8) is 0 Å². The van der Waals surface area contributed by atoms with Crippen LogP contribution in [-0.4, -0.2) is 42.2 Å². The zero-order chi connectivity index (χ0) is 10.9. The predicted octanol–water partition coefficient (Wildman–Crippen LogP) is 0.940. The summed E-state index contributed by atoms with van der Waals surface area (Å²) in [5, 5.41) is 3.76. The van der Waals surface area contributed by atoms with Gasteiger partial charge in [0.15, 0.2) is 0 Å². The third kappa shape index (κ3) is 2.71. The van der Waals surface area contributed by atoms with E-state index in [9.17, 15) is 0 Å². The minimum absolute atomic E-state index is 0.257. The van der Waals surface area contributed by atoms with Gasteiger partial charge in [0.05, 0.1) is 0 Å². The predicted molar refractivity (Wildman–Crippen MR) is 63.9 cm³/mol. The van der Waals surface area contributed by atoms with Gasteiger partial charge >= 0.3 is 0 Å². The van der Waals surface area contributed by atoms with E-state index in [1.165, 1.54) is 38.8 Å². The Morgan fingerprint density at radius 3 is 2.33 bits per heavy atom. The van der Waals surface area contributed by atoms with E-state index in [4.69, 9.17) is 5.73 Å². The molecule has 1 aliphatic heterocycles. The molecule has 0 aromatic rings. The maximum absolute atomic E-state index is 5.95. The second kappa shape index (κ2) is 4.40. The lowest BCUT2D eigenvalue weighted by Crippen LogP contribution is -2.59. The van der Waals surface area contributed by atoms with Crippen LogP contribution < -0.4 is 11.1 Å². The third-order valence-electron chi connectivity index (χ3n) is 3.96. The molecule has 2 rings (SSSR count). The van der Waals surface area contributed by atoms with Gasteiger partial charge in [0.25, 0.3) is 0 Å². The molecule has 15 heavy (non-hydrogen) atoms. The fraction of sp³-hybridized carbons (Fsp3) is 1.00. The molecule has 0 bridgehead atoms. The molecule has 0 radical (unpaired) electrons. The Kier molecular flexibility index (Phi) is 3.33. The van der Waals surface area contributed by atoms with E-state index >= 15 is 0 Å². The number of nitrogens with zero attached hydrogens (tertiary/aromatic N) is 1. The number of piperidine rings is 1. The van der Waals surface area contributed by atoms with Crippen molar-refractivity contribution in [1.29, 1.82) is 0 Å². The smallest absolute Gasteiger partial charge is 0.0330 e. The summed E-state index contributed by atoms with van der Waals surface area (Å²) in [5.74, 6) is 0. The summed E-state index contributed by atoms with van der Waals surface area (Å²) in [6.07, 6.45) is 5.15. The molecule has 0 aromatic heterocycles. The largest absolute Gasteiger partial charge is 0.329 e. The van der Waals surface area contributed by atoms with Crippen molar-refractivity contribution in [3.05, 3.63) is 0 Å². The first kappa shape index (κ1) is 11.4. The Balaban J connectivity index is 1.87. The number of hydrogen-bond donors (Lipinski definition) is 2. The maximum Gasteiger partial charge on any atom is 0.0330 e. The van der Waals surface area contributed by atoms with Crippen LogP contribution in [0.5, 0.6) is 0 Å². The Morgan fingerprint density at radius 1 is 1.33 bits per heavy atom. The fourth-order valence-corrected chi connectivity index (χ4v) is 2.54. The molecule has 0 amide bonds. The first-order valence-electron chi connectivity index (χ1n) is 6.37. The first-order valence-corrected chi connectivity index (χ1v) is 6.37. The van der Waals surface area contributed by atoms with E-state index in [0.717, 1.165) is 12.6 Å². The van der Waals surface area contributed by atoms with Crippen LogP contribution in [0.1, 0.15) is 39.5 Å². The molecule has 2 aliphatic rings.